The van der Waals surface area contributed by atoms with E-state index in [9.17, 15) is 22.8 Å². The Morgan fingerprint density at radius 2 is 1.82 bits per heavy atom. The van der Waals surface area contributed by atoms with Gasteiger partial charge in [-0.3, -0.25) is 9.59 Å². The summed E-state index contributed by atoms with van der Waals surface area (Å²) in [7, 11) is 3.22. The number of rotatable bonds is 3. The first-order valence-electron chi connectivity index (χ1n) is 6.69. The van der Waals surface area contributed by atoms with Crippen molar-refractivity contribution in [3.05, 3.63) is 35.1 Å². The second-order valence-electron chi connectivity index (χ2n) is 5.24. The number of carbonyl (C=O) groups is 2. The molecule has 1 aromatic rings. The summed E-state index contributed by atoms with van der Waals surface area (Å²) in [5.74, 6) is -5.91. The van der Waals surface area contributed by atoms with Gasteiger partial charge >= 0.3 is 0 Å². The minimum absolute atomic E-state index is 0.283. The van der Waals surface area contributed by atoms with Gasteiger partial charge in [0.25, 0.3) is 5.91 Å². The first kappa shape index (κ1) is 16.3. The number of nitrogens with zero attached hydrogens (tertiary/aromatic N) is 1. The molecule has 0 saturated carbocycles. The van der Waals surface area contributed by atoms with Crippen LogP contribution in [-0.2, 0) is 4.79 Å². The number of halogens is 3. The molecule has 0 aliphatic carbocycles. The first-order chi connectivity index (χ1) is 10.3. The van der Waals surface area contributed by atoms with Crippen LogP contribution in [0.3, 0.4) is 0 Å². The predicted octanol–water partition coefficient (Wildman–Crippen LogP) is 0.510. The normalized spacial score (nSPS) is 21.7. The number of likely N-dealkylation sites (N-methyl/N-ethyl adjacent to an activating group) is 1. The van der Waals surface area contributed by atoms with Gasteiger partial charge in [-0.05, 0) is 19.2 Å². The fraction of sp³-hybridized carbons (Fsp3) is 0.429. The summed E-state index contributed by atoms with van der Waals surface area (Å²) in [6.07, 6.45) is 0. The van der Waals surface area contributed by atoms with Crippen LogP contribution in [0, 0.1) is 23.4 Å². The Labute approximate surface area is 125 Å². The number of hydrogen-bond acceptors (Lipinski definition) is 3. The van der Waals surface area contributed by atoms with Crippen LogP contribution >= 0.6 is 0 Å². The van der Waals surface area contributed by atoms with Crippen molar-refractivity contribution in [2.24, 2.45) is 5.92 Å². The lowest BCUT2D eigenvalue weighted by Crippen LogP contribution is -2.46. The lowest BCUT2D eigenvalue weighted by molar-refractivity contribution is -0.124. The van der Waals surface area contributed by atoms with Crippen molar-refractivity contribution < 1.29 is 22.8 Å². The van der Waals surface area contributed by atoms with Crippen LogP contribution in [-0.4, -0.2) is 49.9 Å². The topological polar surface area (TPSA) is 61.4 Å². The van der Waals surface area contributed by atoms with Gasteiger partial charge in [0, 0.05) is 20.1 Å². The third kappa shape index (κ3) is 3.06. The zero-order valence-corrected chi connectivity index (χ0v) is 12.1. The maximum atomic E-state index is 13.6. The third-order valence-electron chi connectivity index (χ3n) is 3.67. The molecule has 2 rings (SSSR count). The van der Waals surface area contributed by atoms with E-state index < -0.39 is 40.9 Å². The average molecular weight is 315 g/mol. The van der Waals surface area contributed by atoms with Gasteiger partial charge in [-0.1, -0.05) is 0 Å². The van der Waals surface area contributed by atoms with Crippen molar-refractivity contribution in [3.8, 4) is 0 Å². The molecular formula is C14H16F3N3O2. The van der Waals surface area contributed by atoms with Crippen molar-refractivity contribution in [2.75, 3.05) is 27.2 Å². The van der Waals surface area contributed by atoms with Gasteiger partial charge in [-0.25, -0.2) is 13.2 Å². The highest BCUT2D eigenvalue weighted by Crippen LogP contribution is 2.19. The molecule has 1 heterocycles. The average Bonchev–Trinajstić information content (AvgIpc) is 2.83. The molecule has 1 aliphatic rings. The predicted molar refractivity (Wildman–Crippen MR) is 72.6 cm³/mol. The van der Waals surface area contributed by atoms with Gasteiger partial charge in [0.15, 0.2) is 11.6 Å². The molecule has 2 N–H and O–H groups in total. The molecule has 8 heteroatoms. The van der Waals surface area contributed by atoms with Crippen molar-refractivity contribution in [3.63, 3.8) is 0 Å². The van der Waals surface area contributed by atoms with Gasteiger partial charge < -0.3 is 15.5 Å². The van der Waals surface area contributed by atoms with Gasteiger partial charge in [-0.2, -0.15) is 0 Å². The van der Waals surface area contributed by atoms with Crippen molar-refractivity contribution in [1.82, 2.24) is 15.5 Å². The number of likely N-dealkylation sites (tertiary alicyclic amines) is 1. The fourth-order valence-electron chi connectivity index (χ4n) is 2.57. The SMILES string of the molecule is CNC(=O)C1CN(C)CC1NC(=O)c1c(F)ccc(F)c1F. The Bertz CT molecular complexity index is 609. The van der Waals surface area contributed by atoms with Gasteiger partial charge in [-0.15, -0.1) is 0 Å². The van der Waals surface area contributed by atoms with Crippen LogP contribution < -0.4 is 10.6 Å². The molecule has 1 saturated heterocycles. The molecule has 2 unspecified atom stereocenters. The maximum Gasteiger partial charge on any atom is 0.257 e. The molecule has 5 nitrogen and oxygen atoms in total. The lowest BCUT2D eigenvalue weighted by Gasteiger charge is -2.19. The van der Waals surface area contributed by atoms with Crippen LogP contribution in [0.15, 0.2) is 12.1 Å². The molecule has 1 fully saturated rings. The number of benzene rings is 1. The molecule has 1 aliphatic heterocycles. The van der Waals surface area contributed by atoms with E-state index in [-0.39, 0.29) is 5.91 Å². The first-order valence-corrected chi connectivity index (χ1v) is 6.69. The fourth-order valence-corrected chi connectivity index (χ4v) is 2.57. The van der Waals surface area contributed by atoms with Gasteiger partial charge in [0.2, 0.25) is 5.91 Å². The van der Waals surface area contributed by atoms with E-state index in [2.05, 4.69) is 10.6 Å². The van der Waals surface area contributed by atoms with E-state index in [4.69, 9.17) is 0 Å². The van der Waals surface area contributed by atoms with Gasteiger partial charge in [0.1, 0.15) is 11.4 Å². The van der Waals surface area contributed by atoms with Crippen molar-refractivity contribution in [2.45, 2.75) is 6.04 Å². The zero-order chi connectivity index (χ0) is 16.4. The standard InChI is InChI=1S/C14H16F3N3O2/c1-18-13(21)7-5-20(2)6-10(7)19-14(22)11-8(15)3-4-9(16)12(11)17/h3-4,7,10H,5-6H2,1-2H3,(H,18,21)(H,19,22). The molecule has 2 atom stereocenters. The number of carbonyl (C=O) groups excluding carboxylic acids is 2. The monoisotopic (exact) mass is 315 g/mol. The quantitative estimate of drug-likeness (QED) is 0.799. The van der Waals surface area contributed by atoms with E-state index in [1.165, 1.54) is 7.05 Å². The minimum Gasteiger partial charge on any atom is -0.359 e. The Balaban J connectivity index is 2.21. The summed E-state index contributed by atoms with van der Waals surface area (Å²) in [6.45, 7) is 0.751. The molecule has 0 bridgehead atoms. The van der Waals surface area contributed by atoms with E-state index in [1.807, 2.05) is 4.90 Å². The molecule has 22 heavy (non-hydrogen) atoms. The van der Waals surface area contributed by atoms with E-state index in [0.717, 1.165) is 0 Å². The summed E-state index contributed by atoms with van der Waals surface area (Å²) in [4.78, 5) is 25.6. The van der Waals surface area contributed by atoms with E-state index >= 15 is 0 Å². The molecule has 2 amide bonds. The largest absolute Gasteiger partial charge is 0.359 e. The second-order valence-corrected chi connectivity index (χ2v) is 5.24. The molecule has 1 aromatic carbocycles. The number of hydrogen-bond donors (Lipinski definition) is 2. The maximum absolute atomic E-state index is 13.6. The van der Waals surface area contributed by atoms with Crippen LogP contribution in [0.1, 0.15) is 10.4 Å². The molecule has 120 valence electrons. The van der Waals surface area contributed by atoms with E-state index in [1.54, 1.807) is 7.05 Å². The highest BCUT2D eigenvalue weighted by Gasteiger charge is 2.37. The molecule has 0 aromatic heterocycles. The minimum atomic E-state index is -1.54. The Morgan fingerprint density at radius 3 is 2.45 bits per heavy atom. The van der Waals surface area contributed by atoms with E-state index in [0.29, 0.717) is 25.2 Å². The van der Waals surface area contributed by atoms with Crippen molar-refractivity contribution >= 4 is 11.8 Å². The third-order valence-corrected chi connectivity index (χ3v) is 3.67. The van der Waals surface area contributed by atoms with Crippen LogP contribution in [0.2, 0.25) is 0 Å². The highest BCUT2D eigenvalue weighted by atomic mass is 19.2. The Hall–Kier alpha value is -2.09. The summed E-state index contributed by atoms with van der Waals surface area (Å²) in [5.41, 5.74) is -0.981. The molecule has 0 spiro atoms. The smallest absolute Gasteiger partial charge is 0.257 e. The second kappa shape index (κ2) is 6.35. The highest BCUT2D eigenvalue weighted by molar-refractivity contribution is 5.95. The summed E-state index contributed by atoms with van der Waals surface area (Å²) >= 11 is 0. The molecule has 0 radical (unpaired) electrons. The number of nitrogens with one attached hydrogen (secondary N) is 2. The zero-order valence-electron chi connectivity index (χ0n) is 12.1. The van der Waals surface area contributed by atoms with Crippen molar-refractivity contribution in [1.29, 1.82) is 0 Å². The number of amides is 2. The molecular weight excluding hydrogens is 299 g/mol. The van der Waals surface area contributed by atoms with Gasteiger partial charge in [0.05, 0.1) is 12.0 Å². The summed E-state index contributed by atoms with van der Waals surface area (Å²) in [5, 5.41) is 4.89. The van der Waals surface area contributed by atoms with Crippen LogP contribution in [0.25, 0.3) is 0 Å². The summed E-state index contributed by atoms with van der Waals surface area (Å²) < 4.78 is 40.4. The summed E-state index contributed by atoms with van der Waals surface area (Å²) in [6, 6.07) is 0.683. The van der Waals surface area contributed by atoms with Crippen LogP contribution in [0.4, 0.5) is 13.2 Å². The Morgan fingerprint density at radius 1 is 1.18 bits per heavy atom. The van der Waals surface area contributed by atoms with Crippen LogP contribution in [0.5, 0.6) is 0 Å². The lowest BCUT2D eigenvalue weighted by atomic mass is 10.0. The Kier molecular flexibility index (Phi) is 4.70.